The van der Waals surface area contributed by atoms with Crippen LogP contribution in [0.5, 0.6) is 5.88 Å². The number of alkyl halides is 1. The van der Waals surface area contributed by atoms with Gasteiger partial charge in [0.25, 0.3) is 5.88 Å². The van der Waals surface area contributed by atoms with Crippen LogP contribution in [0.4, 0.5) is 5.69 Å². The van der Waals surface area contributed by atoms with E-state index in [4.69, 9.17) is 4.74 Å². The number of hydrogen-bond donors (Lipinski definition) is 0. The average molecular weight is 302 g/mol. The minimum absolute atomic E-state index is 0.0236. The van der Waals surface area contributed by atoms with Crippen molar-refractivity contribution in [3.8, 4) is 5.88 Å². The van der Waals surface area contributed by atoms with Gasteiger partial charge < -0.3 is 4.74 Å². The number of methoxy groups -OCH3 is 1. The minimum Gasteiger partial charge on any atom is -0.476 e. The second kappa shape index (κ2) is 4.95. The Balaban J connectivity index is 2.27. The minimum atomic E-state index is -0.485. The van der Waals surface area contributed by atoms with Gasteiger partial charge in [0.2, 0.25) is 0 Å². The summed E-state index contributed by atoms with van der Waals surface area (Å²) in [6.07, 6.45) is 4.17. The third kappa shape index (κ3) is 2.71. The molecule has 1 aromatic rings. The maximum absolute atomic E-state index is 11.0. The van der Waals surface area contributed by atoms with Gasteiger partial charge in [0.05, 0.1) is 12.0 Å². The Kier molecular flexibility index (Phi) is 3.56. The van der Waals surface area contributed by atoms with Crippen LogP contribution in [0.15, 0.2) is 6.33 Å². The third-order valence-electron chi connectivity index (χ3n) is 2.76. The van der Waals surface area contributed by atoms with Crippen LogP contribution in [0.1, 0.15) is 18.5 Å². The second-order valence-electron chi connectivity index (χ2n) is 3.99. The smallest absolute Gasteiger partial charge is 0.352 e. The third-order valence-corrected chi connectivity index (χ3v) is 3.83. The summed E-state index contributed by atoms with van der Waals surface area (Å²) < 4.78 is 4.90. The SMILES string of the molecule is COc1ncnc(CC(Br)C2CC2)c1[N+](=O)[O-]. The van der Waals surface area contributed by atoms with Crippen LogP contribution in [0.2, 0.25) is 0 Å². The first-order chi connectivity index (χ1) is 8.13. The maximum atomic E-state index is 11.0. The molecule has 0 aromatic carbocycles. The summed E-state index contributed by atoms with van der Waals surface area (Å²) in [6.45, 7) is 0. The molecule has 0 N–H and O–H groups in total. The van der Waals surface area contributed by atoms with Gasteiger partial charge in [-0.1, -0.05) is 15.9 Å². The number of nitrogens with zero attached hydrogens (tertiary/aromatic N) is 3. The molecule has 1 aliphatic rings. The summed E-state index contributed by atoms with van der Waals surface area (Å²) in [5.74, 6) is 0.631. The van der Waals surface area contributed by atoms with E-state index >= 15 is 0 Å². The highest BCUT2D eigenvalue weighted by Crippen LogP contribution is 2.39. The molecule has 92 valence electrons. The quantitative estimate of drug-likeness (QED) is 0.473. The normalized spacial score (nSPS) is 16.6. The van der Waals surface area contributed by atoms with Crippen LogP contribution < -0.4 is 4.74 Å². The number of nitro groups is 1. The highest BCUT2D eigenvalue weighted by Gasteiger charge is 2.33. The lowest BCUT2D eigenvalue weighted by Crippen LogP contribution is -2.10. The summed E-state index contributed by atoms with van der Waals surface area (Å²) in [7, 11) is 1.37. The van der Waals surface area contributed by atoms with Crippen molar-refractivity contribution in [2.24, 2.45) is 5.92 Å². The molecule has 0 amide bonds. The summed E-state index contributed by atoms with van der Waals surface area (Å²) in [4.78, 5) is 18.5. The molecule has 0 saturated heterocycles. The molecule has 6 nitrogen and oxygen atoms in total. The molecule has 0 aliphatic heterocycles. The molecule has 1 unspecified atom stereocenters. The van der Waals surface area contributed by atoms with E-state index in [9.17, 15) is 10.1 Å². The summed E-state index contributed by atoms with van der Waals surface area (Å²) in [5.41, 5.74) is 0.302. The van der Waals surface area contributed by atoms with Crippen molar-refractivity contribution in [3.63, 3.8) is 0 Å². The molecule has 7 heteroatoms. The molecule has 0 spiro atoms. The van der Waals surface area contributed by atoms with Gasteiger partial charge in [-0.25, -0.2) is 4.98 Å². The molecule has 1 fully saturated rings. The molecular weight excluding hydrogens is 290 g/mol. The van der Waals surface area contributed by atoms with Gasteiger partial charge >= 0.3 is 5.69 Å². The number of rotatable bonds is 5. The van der Waals surface area contributed by atoms with Gasteiger partial charge in [-0.2, -0.15) is 4.98 Å². The van der Waals surface area contributed by atoms with Gasteiger partial charge in [0, 0.05) is 11.2 Å². The van der Waals surface area contributed by atoms with Gasteiger partial charge in [-0.15, -0.1) is 0 Å². The molecule has 17 heavy (non-hydrogen) atoms. The van der Waals surface area contributed by atoms with E-state index in [1.54, 1.807) is 0 Å². The Bertz CT molecular complexity index is 437. The molecule has 1 heterocycles. The Hall–Kier alpha value is -1.24. The lowest BCUT2D eigenvalue weighted by atomic mass is 10.1. The number of hydrogen-bond acceptors (Lipinski definition) is 5. The van der Waals surface area contributed by atoms with Crippen molar-refractivity contribution < 1.29 is 9.66 Å². The fraction of sp³-hybridized carbons (Fsp3) is 0.600. The van der Waals surface area contributed by atoms with Crippen LogP contribution in [-0.4, -0.2) is 26.8 Å². The van der Waals surface area contributed by atoms with Crippen LogP contribution in [0.25, 0.3) is 0 Å². The zero-order chi connectivity index (χ0) is 12.4. The van der Waals surface area contributed by atoms with E-state index in [2.05, 4.69) is 25.9 Å². The molecule has 1 aromatic heterocycles. The van der Waals surface area contributed by atoms with Gasteiger partial charge in [-0.05, 0) is 18.8 Å². The summed E-state index contributed by atoms with van der Waals surface area (Å²) in [6, 6.07) is 0. The summed E-state index contributed by atoms with van der Waals surface area (Å²) in [5, 5.41) is 11.0. The molecule has 2 rings (SSSR count). The van der Waals surface area contributed by atoms with Crippen molar-refractivity contribution in [1.29, 1.82) is 0 Å². The maximum Gasteiger partial charge on any atom is 0.352 e. The van der Waals surface area contributed by atoms with Crippen molar-refractivity contribution >= 4 is 21.6 Å². The average Bonchev–Trinajstić information content (AvgIpc) is 3.11. The fourth-order valence-electron chi connectivity index (χ4n) is 1.69. The Morgan fingerprint density at radius 1 is 1.65 bits per heavy atom. The van der Waals surface area contributed by atoms with E-state index in [1.807, 2.05) is 0 Å². The first kappa shape index (κ1) is 12.2. The van der Waals surface area contributed by atoms with Crippen molar-refractivity contribution in [2.75, 3.05) is 7.11 Å². The highest BCUT2D eigenvalue weighted by atomic mass is 79.9. The second-order valence-corrected chi connectivity index (χ2v) is 5.17. The van der Waals surface area contributed by atoms with Crippen molar-refractivity contribution in [3.05, 3.63) is 22.1 Å². The van der Waals surface area contributed by atoms with E-state index in [1.165, 1.54) is 26.3 Å². The Morgan fingerprint density at radius 2 is 2.35 bits per heavy atom. The molecule has 1 saturated carbocycles. The molecule has 1 aliphatic carbocycles. The largest absolute Gasteiger partial charge is 0.476 e. The standard InChI is InChI=1S/C10H12BrN3O3/c1-17-10-9(14(15)16)8(12-5-13-10)4-7(11)6-2-3-6/h5-7H,2-4H2,1H3. The van der Waals surface area contributed by atoms with Crippen LogP contribution in [-0.2, 0) is 6.42 Å². The molecular formula is C10H12BrN3O3. The monoisotopic (exact) mass is 301 g/mol. The van der Waals surface area contributed by atoms with Crippen LogP contribution in [0.3, 0.4) is 0 Å². The molecule has 1 atom stereocenters. The topological polar surface area (TPSA) is 78.2 Å². The van der Waals surface area contributed by atoms with E-state index in [-0.39, 0.29) is 16.4 Å². The number of aromatic nitrogens is 2. The van der Waals surface area contributed by atoms with Crippen molar-refractivity contribution in [1.82, 2.24) is 9.97 Å². The lowest BCUT2D eigenvalue weighted by molar-refractivity contribution is -0.387. The van der Waals surface area contributed by atoms with Crippen molar-refractivity contribution in [2.45, 2.75) is 24.1 Å². The lowest BCUT2D eigenvalue weighted by Gasteiger charge is -2.08. The molecule has 0 radical (unpaired) electrons. The van der Waals surface area contributed by atoms with E-state index in [0.717, 1.165) is 0 Å². The Labute approximate surface area is 107 Å². The van der Waals surface area contributed by atoms with Gasteiger partial charge in [0.15, 0.2) is 0 Å². The first-order valence-electron chi connectivity index (χ1n) is 5.29. The molecule has 0 bridgehead atoms. The van der Waals surface area contributed by atoms with E-state index in [0.29, 0.717) is 18.0 Å². The fourth-order valence-corrected chi connectivity index (χ4v) is 2.52. The zero-order valence-electron chi connectivity index (χ0n) is 9.30. The van der Waals surface area contributed by atoms with Gasteiger partial charge in [0.1, 0.15) is 12.0 Å². The van der Waals surface area contributed by atoms with Crippen LogP contribution >= 0.6 is 15.9 Å². The predicted octanol–water partition coefficient (Wildman–Crippen LogP) is 2.11. The number of halogens is 1. The predicted molar refractivity (Wildman–Crippen MR) is 64.4 cm³/mol. The summed E-state index contributed by atoms with van der Waals surface area (Å²) >= 11 is 3.55. The zero-order valence-corrected chi connectivity index (χ0v) is 10.9. The highest BCUT2D eigenvalue weighted by molar-refractivity contribution is 9.09. The number of ether oxygens (including phenoxy) is 1. The first-order valence-corrected chi connectivity index (χ1v) is 6.21. The van der Waals surface area contributed by atoms with Crippen LogP contribution in [0, 0.1) is 16.0 Å². The van der Waals surface area contributed by atoms with Gasteiger partial charge in [-0.3, -0.25) is 10.1 Å². The van der Waals surface area contributed by atoms with E-state index < -0.39 is 4.92 Å². The Morgan fingerprint density at radius 3 is 2.88 bits per heavy atom.